The lowest BCUT2D eigenvalue weighted by Crippen LogP contribution is -2.42. The number of hydrogen-bond acceptors (Lipinski definition) is 7. The lowest BCUT2D eigenvalue weighted by atomic mass is 10.2. The summed E-state index contributed by atoms with van der Waals surface area (Å²) < 4.78 is 15.6. The number of amides is 1. The second kappa shape index (κ2) is 6.60. The molecule has 1 aromatic rings. The Morgan fingerprint density at radius 3 is 3.16 bits per heavy atom. The van der Waals surface area contributed by atoms with Crippen molar-refractivity contribution in [3.8, 4) is 0 Å². The van der Waals surface area contributed by atoms with Gasteiger partial charge in [0.2, 0.25) is 5.89 Å². The second-order valence-electron chi connectivity index (χ2n) is 4.39. The predicted octanol–water partition coefficient (Wildman–Crippen LogP) is -0.594. The maximum absolute atomic E-state index is 10.9. The standard InChI is InChI=1S/C11H18N4O4/c1-17-4-2-8-6-15(3-5-18-8)7-9-13-11(10(12)16)14-19-9/h8H,2-7H2,1H3,(H2,12,16)/t8-/m0/s1. The zero-order chi connectivity index (χ0) is 13.7. The summed E-state index contributed by atoms with van der Waals surface area (Å²) in [5, 5.41) is 3.51. The molecule has 1 fully saturated rings. The van der Waals surface area contributed by atoms with Gasteiger partial charge in [-0.15, -0.1) is 0 Å². The number of primary amides is 1. The number of morpholine rings is 1. The molecule has 1 aliphatic heterocycles. The van der Waals surface area contributed by atoms with Gasteiger partial charge in [-0.25, -0.2) is 0 Å². The van der Waals surface area contributed by atoms with Gasteiger partial charge in [0.1, 0.15) is 0 Å². The fourth-order valence-electron chi connectivity index (χ4n) is 1.96. The SMILES string of the molecule is COCC[C@H]1CN(Cc2nc(C(N)=O)no2)CCO1. The van der Waals surface area contributed by atoms with Crippen molar-refractivity contribution in [3.63, 3.8) is 0 Å². The summed E-state index contributed by atoms with van der Waals surface area (Å²) in [5.74, 6) is -0.379. The van der Waals surface area contributed by atoms with Gasteiger partial charge in [0.05, 0.1) is 19.3 Å². The van der Waals surface area contributed by atoms with E-state index in [2.05, 4.69) is 15.0 Å². The molecule has 1 saturated heterocycles. The Morgan fingerprint density at radius 2 is 2.47 bits per heavy atom. The zero-order valence-electron chi connectivity index (χ0n) is 10.9. The van der Waals surface area contributed by atoms with Crippen molar-refractivity contribution in [1.82, 2.24) is 15.0 Å². The van der Waals surface area contributed by atoms with Gasteiger partial charge in [0.25, 0.3) is 11.7 Å². The molecule has 1 aromatic heterocycles. The highest BCUT2D eigenvalue weighted by Gasteiger charge is 2.22. The molecule has 0 aromatic carbocycles. The molecule has 19 heavy (non-hydrogen) atoms. The molecule has 0 aliphatic carbocycles. The molecule has 0 spiro atoms. The summed E-state index contributed by atoms with van der Waals surface area (Å²) in [7, 11) is 1.67. The third kappa shape index (κ3) is 3.98. The molecular weight excluding hydrogens is 252 g/mol. The Morgan fingerprint density at radius 1 is 1.63 bits per heavy atom. The minimum Gasteiger partial charge on any atom is -0.385 e. The van der Waals surface area contributed by atoms with E-state index in [1.54, 1.807) is 7.11 Å². The van der Waals surface area contributed by atoms with Gasteiger partial charge in [-0.1, -0.05) is 5.16 Å². The fourth-order valence-corrected chi connectivity index (χ4v) is 1.96. The van der Waals surface area contributed by atoms with Crippen LogP contribution in [0.2, 0.25) is 0 Å². The average molecular weight is 270 g/mol. The first-order valence-corrected chi connectivity index (χ1v) is 6.14. The normalized spacial score (nSPS) is 20.6. The van der Waals surface area contributed by atoms with Gasteiger partial charge in [-0.2, -0.15) is 4.98 Å². The molecule has 8 nitrogen and oxygen atoms in total. The van der Waals surface area contributed by atoms with E-state index in [9.17, 15) is 4.79 Å². The summed E-state index contributed by atoms with van der Waals surface area (Å²) in [5.41, 5.74) is 5.07. The van der Waals surface area contributed by atoms with Crippen LogP contribution in [0.3, 0.4) is 0 Å². The summed E-state index contributed by atoms with van der Waals surface area (Å²) in [6.07, 6.45) is 0.996. The van der Waals surface area contributed by atoms with Crippen LogP contribution < -0.4 is 5.73 Å². The molecule has 0 radical (unpaired) electrons. The smallest absolute Gasteiger partial charge is 0.290 e. The topological polar surface area (TPSA) is 104 Å². The number of ether oxygens (including phenoxy) is 2. The van der Waals surface area contributed by atoms with Crippen molar-refractivity contribution in [1.29, 1.82) is 0 Å². The Labute approximate surface area is 110 Å². The van der Waals surface area contributed by atoms with Crippen molar-refractivity contribution >= 4 is 5.91 Å². The molecule has 1 atom stereocenters. The minimum atomic E-state index is -0.685. The molecule has 106 valence electrons. The first kappa shape index (κ1) is 13.9. The van der Waals surface area contributed by atoms with Crippen molar-refractivity contribution in [2.24, 2.45) is 5.73 Å². The highest BCUT2D eigenvalue weighted by atomic mass is 16.5. The molecule has 1 aliphatic rings. The molecule has 2 heterocycles. The number of rotatable bonds is 6. The number of carbonyl (C=O) groups is 1. The summed E-state index contributed by atoms with van der Waals surface area (Å²) in [6, 6.07) is 0. The molecule has 0 saturated carbocycles. The minimum absolute atomic E-state index is 0.0841. The van der Waals surface area contributed by atoms with E-state index < -0.39 is 5.91 Å². The Kier molecular flexibility index (Phi) is 4.83. The third-order valence-electron chi connectivity index (χ3n) is 2.91. The van der Waals surface area contributed by atoms with E-state index in [0.29, 0.717) is 25.6 Å². The lowest BCUT2D eigenvalue weighted by molar-refractivity contribution is -0.0455. The maximum Gasteiger partial charge on any atom is 0.290 e. The third-order valence-corrected chi connectivity index (χ3v) is 2.91. The van der Waals surface area contributed by atoms with Crippen LogP contribution in [0.5, 0.6) is 0 Å². The molecule has 1 amide bonds. The fraction of sp³-hybridized carbons (Fsp3) is 0.727. The van der Waals surface area contributed by atoms with Gasteiger partial charge >= 0.3 is 0 Å². The van der Waals surface area contributed by atoms with E-state index in [0.717, 1.165) is 19.5 Å². The Balaban J connectivity index is 1.85. The zero-order valence-corrected chi connectivity index (χ0v) is 10.9. The summed E-state index contributed by atoms with van der Waals surface area (Å²) in [4.78, 5) is 16.9. The second-order valence-corrected chi connectivity index (χ2v) is 4.39. The van der Waals surface area contributed by atoms with Crippen LogP contribution in [0.4, 0.5) is 0 Å². The number of aromatic nitrogens is 2. The lowest BCUT2D eigenvalue weighted by Gasteiger charge is -2.31. The highest BCUT2D eigenvalue weighted by molar-refractivity contribution is 5.88. The number of methoxy groups -OCH3 is 1. The molecule has 2 N–H and O–H groups in total. The quantitative estimate of drug-likeness (QED) is 0.736. The molecule has 2 rings (SSSR count). The van der Waals surface area contributed by atoms with Crippen molar-refractivity contribution < 1.29 is 18.8 Å². The number of nitrogens with two attached hydrogens (primary N) is 1. The summed E-state index contributed by atoms with van der Waals surface area (Å²) >= 11 is 0. The van der Waals surface area contributed by atoms with Gasteiger partial charge in [-0.3, -0.25) is 9.69 Å². The van der Waals surface area contributed by atoms with Crippen LogP contribution in [-0.4, -0.2) is 60.5 Å². The average Bonchev–Trinajstić information content (AvgIpc) is 2.85. The van der Waals surface area contributed by atoms with Crippen LogP contribution in [0.25, 0.3) is 0 Å². The molecule has 8 heteroatoms. The number of nitrogens with zero attached hydrogens (tertiary/aromatic N) is 3. The van der Waals surface area contributed by atoms with Gasteiger partial charge in [0.15, 0.2) is 0 Å². The molecule has 0 bridgehead atoms. The molecule has 0 unspecified atom stereocenters. The van der Waals surface area contributed by atoms with Crippen molar-refractivity contribution in [2.45, 2.75) is 19.1 Å². The monoisotopic (exact) mass is 270 g/mol. The first-order valence-electron chi connectivity index (χ1n) is 6.14. The highest BCUT2D eigenvalue weighted by Crippen LogP contribution is 2.11. The van der Waals surface area contributed by atoms with E-state index in [1.807, 2.05) is 0 Å². The van der Waals surface area contributed by atoms with E-state index in [4.69, 9.17) is 19.7 Å². The first-order chi connectivity index (χ1) is 9.19. The largest absolute Gasteiger partial charge is 0.385 e. The Hall–Kier alpha value is -1.51. The van der Waals surface area contributed by atoms with Gasteiger partial charge in [0, 0.05) is 26.8 Å². The van der Waals surface area contributed by atoms with Crippen LogP contribution in [0.1, 0.15) is 22.9 Å². The van der Waals surface area contributed by atoms with Crippen molar-refractivity contribution in [2.75, 3.05) is 33.4 Å². The summed E-state index contributed by atoms with van der Waals surface area (Å²) in [6.45, 7) is 3.39. The molecular formula is C11H18N4O4. The van der Waals surface area contributed by atoms with E-state index in [-0.39, 0.29) is 11.9 Å². The van der Waals surface area contributed by atoms with Crippen molar-refractivity contribution in [3.05, 3.63) is 11.7 Å². The maximum atomic E-state index is 10.9. The van der Waals surface area contributed by atoms with Gasteiger partial charge < -0.3 is 19.7 Å². The van der Waals surface area contributed by atoms with E-state index in [1.165, 1.54) is 0 Å². The van der Waals surface area contributed by atoms with Gasteiger partial charge in [-0.05, 0) is 6.42 Å². The van der Waals surface area contributed by atoms with Crippen LogP contribution in [0.15, 0.2) is 4.52 Å². The Bertz CT molecular complexity index is 423. The van der Waals surface area contributed by atoms with Crippen LogP contribution in [0, 0.1) is 0 Å². The van der Waals surface area contributed by atoms with Crippen LogP contribution >= 0.6 is 0 Å². The van der Waals surface area contributed by atoms with E-state index >= 15 is 0 Å². The number of carbonyl (C=O) groups excluding carboxylic acids is 1. The number of hydrogen-bond donors (Lipinski definition) is 1. The predicted molar refractivity (Wildman–Crippen MR) is 64.3 cm³/mol. The van der Waals surface area contributed by atoms with Crippen LogP contribution in [-0.2, 0) is 16.0 Å².